The van der Waals surface area contributed by atoms with E-state index in [0.29, 0.717) is 0 Å². The first-order valence-electron chi connectivity index (χ1n) is 10.2. The second-order valence-electron chi connectivity index (χ2n) is 7.25. The van der Waals surface area contributed by atoms with E-state index in [1.807, 2.05) is 54.6 Å². The van der Waals surface area contributed by atoms with Crippen molar-refractivity contribution in [3.05, 3.63) is 97.1 Å². The van der Waals surface area contributed by atoms with Gasteiger partial charge in [-0.05, 0) is 84.9 Å². The lowest BCUT2D eigenvalue weighted by atomic mass is 10.3. The number of aromatic hydroxyl groups is 1. The second kappa shape index (κ2) is 9.33. The van der Waals surface area contributed by atoms with E-state index < -0.39 is 7.26 Å². The van der Waals surface area contributed by atoms with Crippen LogP contribution >= 0.6 is 7.26 Å². The molecule has 0 fully saturated rings. The normalized spacial score (nSPS) is 11.1. The van der Waals surface area contributed by atoms with E-state index in [0.717, 1.165) is 38.5 Å². The van der Waals surface area contributed by atoms with Crippen molar-refractivity contribution in [2.24, 2.45) is 0 Å². The van der Waals surface area contributed by atoms with Crippen molar-refractivity contribution in [3.63, 3.8) is 0 Å². The van der Waals surface area contributed by atoms with Gasteiger partial charge < -0.3 is 19.3 Å². The van der Waals surface area contributed by atoms with Crippen LogP contribution in [0.1, 0.15) is 0 Å². The summed E-state index contributed by atoms with van der Waals surface area (Å²) in [5, 5.41) is 15.3. The van der Waals surface area contributed by atoms with Crippen LogP contribution in [0, 0.1) is 0 Å². The molecule has 0 spiro atoms. The number of methoxy groups -OCH3 is 3. The maximum absolute atomic E-state index is 11.1. The van der Waals surface area contributed by atoms with E-state index in [2.05, 4.69) is 36.4 Å². The lowest BCUT2D eigenvalue weighted by Gasteiger charge is -2.28. The Balaban J connectivity index is 2.10. The number of ether oxygens (including phenoxy) is 3. The Morgan fingerprint density at radius 3 is 1.16 bits per heavy atom. The molecule has 5 heteroatoms. The van der Waals surface area contributed by atoms with Gasteiger partial charge in [-0.3, -0.25) is 0 Å². The average molecular weight is 445 g/mol. The zero-order valence-electron chi connectivity index (χ0n) is 18.4. The van der Waals surface area contributed by atoms with Crippen LogP contribution in [0.25, 0.3) is 0 Å². The van der Waals surface area contributed by atoms with Crippen LogP contribution in [0.4, 0.5) is 0 Å². The number of phenolic OH excluding ortho intramolecular Hbond substituents is 1. The summed E-state index contributed by atoms with van der Waals surface area (Å²) in [4.78, 5) is 0. The number of para-hydroxylation sites is 1. The highest BCUT2D eigenvalue weighted by Crippen LogP contribution is 2.56. The maximum Gasteiger partial charge on any atom is 0.159 e. The van der Waals surface area contributed by atoms with Crippen molar-refractivity contribution in [1.82, 2.24) is 0 Å². The SMILES string of the molecule is COc1ccc([P+](c2ccc(OC)cc2)(c2ccc(OC)cc2)c2ccccc2O)cc1. The van der Waals surface area contributed by atoms with Gasteiger partial charge in [0.2, 0.25) is 0 Å². The first-order chi connectivity index (χ1) is 15.6. The monoisotopic (exact) mass is 445 g/mol. The molecule has 4 aromatic carbocycles. The minimum atomic E-state index is -2.45. The predicted octanol–water partition coefficient (Wildman–Crippen LogP) is 4.04. The van der Waals surface area contributed by atoms with Crippen molar-refractivity contribution in [3.8, 4) is 23.0 Å². The van der Waals surface area contributed by atoms with Gasteiger partial charge in [0.15, 0.2) is 11.1 Å². The van der Waals surface area contributed by atoms with Gasteiger partial charge in [-0.1, -0.05) is 12.1 Å². The highest BCUT2D eigenvalue weighted by molar-refractivity contribution is 8.01. The molecule has 0 amide bonds. The van der Waals surface area contributed by atoms with Crippen LogP contribution in [0.2, 0.25) is 0 Å². The molecule has 1 N–H and O–H groups in total. The molecule has 0 aromatic heterocycles. The summed E-state index contributed by atoms with van der Waals surface area (Å²) in [6.45, 7) is 0. The summed E-state index contributed by atoms with van der Waals surface area (Å²) >= 11 is 0. The van der Waals surface area contributed by atoms with Gasteiger partial charge in [-0.2, -0.15) is 0 Å². The fourth-order valence-corrected chi connectivity index (χ4v) is 8.28. The third kappa shape index (κ3) is 3.79. The molecule has 32 heavy (non-hydrogen) atoms. The highest BCUT2D eigenvalue weighted by atomic mass is 31.2. The summed E-state index contributed by atoms with van der Waals surface area (Å²) in [6.07, 6.45) is 0. The van der Waals surface area contributed by atoms with Gasteiger partial charge >= 0.3 is 0 Å². The predicted molar refractivity (Wildman–Crippen MR) is 133 cm³/mol. The molecule has 162 valence electrons. The van der Waals surface area contributed by atoms with Crippen LogP contribution < -0.4 is 35.4 Å². The van der Waals surface area contributed by atoms with Crippen molar-refractivity contribution in [2.75, 3.05) is 21.3 Å². The molecule has 4 aromatic rings. The Labute approximate surface area is 189 Å². The molecule has 0 aliphatic heterocycles. The fraction of sp³-hybridized carbons (Fsp3) is 0.111. The minimum absolute atomic E-state index is 0.267. The number of rotatable bonds is 7. The van der Waals surface area contributed by atoms with Crippen LogP contribution in [0.5, 0.6) is 23.0 Å². The van der Waals surface area contributed by atoms with Gasteiger partial charge in [-0.25, -0.2) is 0 Å². The third-order valence-electron chi connectivity index (χ3n) is 5.62. The highest BCUT2D eigenvalue weighted by Gasteiger charge is 2.49. The Morgan fingerprint density at radius 1 is 0.500 bits per heavy atom. The average Bonchev–Trinajstić information content (AvgIpc) is 2.86. The molecule has 4 rings (SSSR count). The Hall–Kier alpha value is -3.49. The molecular formula is C27H26O4P+. The van der Waals surface area contributed by atoms with Crippen molar-refractivity contribution in [2.45, 2.75) is 0 Å². The Kier molecular flexibility index (Phi) is 6.34. The first-order valence-corrected chi connectivity index (χ1v) is 12.0. The van der Waals surface area contributed by atoms with Crippen LogP contribution in [-0.4, -0.2) is 26.4 Å². The van der Waals surface area contributed by atoms with Gasteiger partial charge in [0.25, 0.3) is 0 Å². The molecule has 0 radical (unpaired) electrons. The summed E-state index contributed by atoms with van der Waals surface area (Å²) < 4.78 is 16.2. The van der Waals surface area contributed by atoms with Crippen LogP contribution in [0.3, 0.4) is 0 Å². The fourth-order valence-electron chi connectivity index (χ4n) is 4.03. The summed E-state index contributed by atoms with van der Waals surface area (Å²) in [7, 11) is 2.53. The second-order valence-corrected chi connectivity index (χ2v) is 10.6. The number of hydrogen-bond donors (Lipinski definition) is 1. The molecule has 0 unspecified atom stereocenters. The van der Waals surface area contributed by atoms with Crippen molar-refractivity contribution < 1.29 is 19.3 Å². The molecule has 0 saturated heterocycles. The summed E-state index contributed by atoms with van der Waals surface area (Å²) in [5.74, 6) is 2.62. The smallest absolute Gasteiger partial charge is 0.159 e. The van der Waals surface area contributed by atoms with Gasteiger partial charge in [0.05, 0.1) is 21.3 Å². The topological polar surface area (TPSA) is 47.9 Å². The third-order valence-corrected chi connectivity index (χ3v) is 9.94. The molecule has 0 bridgehead atoms. The molecule has 0 saturated carbocycles. The molecule has 4 nitrogen and oxygen atoms in total. The van der Waals surface area contributed by atoms with E-state index >= 15 is 0 Å². The standard InChI is InChI=1S/C27H25O4P/c1-29-20-8-14-23(15-9-20)32(27-7-5-4-6-26(27)28,24-16-10-21(30-2)11-17-24)25-18-12-22(31-3)13-19-25/h4-19H,1-3H3/p+1. The molecule has 0 aliphatic rings. The zero-order valence-corrected chi connectivity index (χ0v) is 19.3. The van der Waals surface area contributed by atoms with E-state index in [1.165, 1.54) is 0 Å². The van der Waals surface area contributed by atoms with Gasteiger partial charge in [0, 0.05) is 0 Å². The molecular weight excluding hydrogens is 419 g/mol. The van der Waals surface area contributed by atoms with E-state index in [-0.39, 0.29) is 5.75 Å². The van der Waals surface area contributed by atoms with E-state index in [4.69, 9.17) is 14.2 Å². The summed E-state index contributed by atoms with van der Waals surface area (Å²) in [6, 6.07) is 32.0. The number of hydrogen-bond acceptors (Lipinski definition) is 4. The largest absolute Gasteiger partial charge is 0.504 e. The van der Waals surface area contributed by atoms with Crippen LogP contribution in [-0.2, 0) is 0 Å². The van der Waals surface area contributed by atoms with Crippen molar-refractivity contribution >= 4 is 28.5 Å². The van der Waals surface area contributed by atoms with E-state index in [1.54, 1.807) is 27.4 Å². The minimum Gasteiger partial charge on any atom is -0.504 e. The summed E-state index contributed by atoms with van der Waals surface area (Å²) in [5.41, 5.74) is 0. The number of benzene rings is 4. The Bertz CT molecular complexity index is 1050. The number of phenols is 1. The van der Waals surface area contributed by atoms with Gasteiger partial charge in [0.1, 0.15) is 40.4 Å². The lowest BCUT2D eigenvalue weighted by molar-refractivity contribution is 0.415. The zero-order chi connectivity index (χ0) is 22.6. The van der Waals surface area contributed by atoms with Crippen LogP contribution in [0.15, 0.2) is 97.1 Å². The molecule has 0 atom stereocenters. The first kappa shape index (κ1) is 21.7. The van der Waals surface area contributed by atoms with Crippen molar-refractivity contribution in [1.29, 1.82) is 0 Å². The lowest BCUT2D eigenvalue weighted by Crippen LogP contribution is -2.38. The molecule has 0 heterocycles. The quantitative estimate of drug-likeness (QED) is 0.437. The van der Waals surface area contributed by atoms with E-state index in [9.17, 15) is 5.11 Å². The maximum atomic E-state index is 11.1. The molecule has 0 aliphatic carbocycles. The Morgan fingerprint density at radius 2 is 0.844 bits per heavy atom. The van der Waals surface area contributed by atoms with Gasteiger partial charge in [-0.15, -0.1) is 0 Å².